The first-order chi connectivity index (χ1) is 10.2. The van der Waals surface area contributed by atoms with Gasteiger partial charge in [0.2, 0.25) is 10.0 Å². The second-order valence-electron chi connectivity index (χ2n) is 5.56. The molecule has 0 radical (unpaired) electrons. The summed E-state index contributed by atoms with van der Waals surface area (Å²) >= 11 is 0. The SMILES string of the molecule is CS(=O)(=O)N1CCN(C(=O)c2ccco2)[C@@H]2CS(=O)(=O)C[C@@H]21. The molecule has 0 N–H and O–H groups in total. The highest BCUT2D eigenvalue weighted by molar-refractivity contribution is 7.92. The molecule has 3 rings (SSSR count). The van der Waals surface area contributed by atoms with Crippen LogP contribution in [0, 0.1) is 0 Å². The highest BCUT2D eigenvalue weighted by Gasteiger charge is 2.50. The van der Waals surface area contributed by atoms with Crippen molar-refractivity contribution in [3.05, 3.63) is 24.2 Å². The van der Waals surface area contributed by atoms with E-state index in [9.17, 15) is 21.6 Å². The van der Waals surface area contributed by atoms with E-state index < -0.39 is 37.9 Å². The molecule has 10 heteroatoms. The van der Waals surface area contributed by atoms with Gasteiger partial charge in [-0.3, -0.25) is 4.79 Å². The van der Waals surface area contributed by atoms with Gasteiger partial charge in [0.05, 0.1) is 36.1 Å². The summed E-state index contributed by atoms with van der Waals surface area (Å²) in [6, 6.07) is 1.67. The molecule has 0 spiro atoms. The largest absolute Gasteiger partial charge is 0.459 e. The lowest BCUT2D eigenvalue weighted by atomic mass is 10.1. The first kappa shape index (κ1) is 15.5. The maximum atomic E-state index is 12.4. The van der Waals surface area contributed by atoms with Gasteiger partial charge in [-0.2, -0.15) is 4.31 Å². The van der Waals surface area contributed by atoms with Crippen LogP contribution in [0.2, 0.25) is 0 Å². The summed E-state index contributed by atoms with van der Waals surface area (Å²) in [6.07, 6.45) is 2.42. The van der Waals surface area contributed by atoms with E-state index in [0.717, 1.165) is 6.26 Å². The van der Waals surface area contributed by atoms with Gasteiger partial charge in [0.1, 0.15) is 0 Å². The van der Waals surface area contributed by atoms with E-state index in [1.165, 1.54) is 21.5 Å². The lowest BCUT2D eigenvalue weighted by Gasteiger charge is -2.42. The standard InChI is InChI=1S/C12H16N2O6S2/c1-21(16,17)14-5-4-13(12(15)11-3-2-6-20-11)9-7-22(18,19)8-10(9)14/h2-3,6,9-10H,4-5,7-8H2,1H3/t9-,10+/m1/s1. The highest BCUT2D eigenvalue weighted by atomic mass is 32.2. The van der Waals surface area contributed by atoms with Crippen molar-refractivity contribution < 1.29 is 26.0 Å². The van der Waals surface area contributed by atoms with Crippen molar-refractivity contribution in [3.8, 4) is 0 Å². The summed E-state index contributed by atoms with van der Waals surface area (Å²) in [5.74, 6) is -0.774. The van der Waals surface area contributed by atoms with Crippen LogP contribution in [0.15, 0.2) is 22.8 Å². The van der Waals surface area contributed by atoms with Gasteiger partial charge < -0.3 is 9.32 Å². The molecule has 2 aliphatic heterocycles. The number of hydrogen-bond acceptors (Lipinski definition) is 6. The smallest absolute Gasteiger partial charge is 0.289 e. The first-order valence-electron chi connectivity index (χ1n) is 6.71. The number of piperazine rings is 1. The Morgan fingerprint density at radius 3 is 2.55 bits per heavy atom. The van der Waals surface area contributed by atoms with Gasteiger partial charge >= 0.3 is 0 Å². The van der Waals surface area contributed by atoms with Crippen molar-refractivity contribution in [2.75, 3.05) is 30.9 Å². The maximum absolute atomic E-state index is 12.4. The number of sulfonamides is 1. The summed E-state index contributed by atoms with van der Waals surface area (Å²) < 4.78 is 53.9. The number of carbonyl (C=O) groups is 1. The Bertz CT molecular complexity index is 784. The zero-order chi connectivity index (χ0) is 16.1. The fraction of sp³-hybridized carbons (Fsp3) is 0.583. The fourth-order valence-electron chi connectivity index (χ4n) is 3.13. The predicted octanol–water partition coefficient (Wildman–Crippen LogP) is -0.837. The average Bonchev–Trinajstić information content (AvgIpc) is 3.00. The summed E-state index contributed by atoms with van der Waals surface area (Å²) in [5, 5.41) is 0. The molecule has 2 atom stereocenters. The molecule has 2 saturated heterocycles. The summed E-state index contributed by atoms with van der Waals surface area (Å²) in [5.41, 5.74) is 0. The Balaban J connectivity index is 1.95. The van der Waals surface area contributed by atoms with E-state index >= 15 is 0 Å². The number of sulfone groups is 1. The van der Waals surface area contributed by atoms with Crippen LogP contribution in [0.5, 0.6) is 0 Å². The van der Waals surface area contributed by atoms with Gasteiger partial charge in [-0.05, 0) is 12.1 Å². The summed E-state index contributed by atoms with van der Waals surface area (Å²) in [4.78, 5) is 13.9. The molecule has 1 aromatic rings. The Kier molecular flexibility index (Phi) is 3.57. The van der Waals surface area contributed by atoms with Crippen LogP contribution in [0.3, 0.4) is 0 Å². The predicted molar refractivity (Wildman–Crippen MR) is 77.5 cm³/mol. The number of fused-ring (bicyclic) bond motifs is 1. The van der Waals surface area contributed by atoms with Crippen LogP contribution in [-0.2, 0) is 19.9 Å². The van der Waals surface area contributed by atoms with Crippen LogP contribution in [0.1, 0.15) is 10.6 Å². The number of hydrogen-bond donors (Lipinski definition) is 0. The molecular weight excluding hydrogens is 332 g/mol. The van der Waals surface area contributed by atoms with Crippen molar-refractivity contribution in [3.63, 3.8) is 0 Å². The van der Waals surface area contributed by atoms with E-state index in [-0.39, 0.29) is 30.4 Å². The van der Waals surface area contributed by atoms with E-state index in [1.54, 1.807) is 6.07 Å². The van der Waals surface area contributed by atoms with Gasteiger partial charge in [0.15, 0.2) is 15.6 Å². The van der Waals surface area contributed by atoms with Gasteiger partial charge in [-0.25, -0.2) is 16.8 Å². The molecule has 0 unspecified atom stereocenters. The van der Waals surface area contributed by atoms with Crippen LogP contribution < -0.4 is 0 Å². The third kappa shape index (κ3) is 2.66. The lowest BCUT2D eigenvalue weighted by molar-refractivity contribution is 0.0486. The quantitative estimate of drug-likeness (QED) is 0.690. The zero-order valence-corrected chi connectivity index (χ0v) is 13.5. The Morgan fingerprint density at radius 2 is 1.95 bits per heavy atom. The van der Waals surface area contributed by atoms with Crippen LogP contribution in [-0.4, -0.2) is 74.9 Å². The number of carbonyl (C=O) groups excluding carboxylic acids is 1. The molecule has 3 heterocycles. The maximum Gasteiger partial charge on any atom is 0.289 e. The van der Waals surface area contributed by atoms with Gasteiger partial charge in [0, 0.05) is 13.1 Å². The monoisotopic (exact) mass is 348 g/mol. The van der Waals surface area contributed by atoms with Crippen molar-refractivity contribution >= 4 is 25.8 Å². The molecule has 122 valence electrons. The second kappa shape index (κ2) is 5.07. The number of amides is 1. The van der Waals surface area contributed by atoms with E-state index in [4.69, 9.17) is 4.42 Å². The van der Waals surface area contributed by atoms with Crippen molar-refractivity contribution in [2.24, 2.45) is 0 Å². The Morgan fingerprint density at radius 1 is 1.27 bits per heavy atom. The molecule has 22 heavy (non-hydrogen) atoms. The van der Waals surface area contributed by atoms with Crippen molar-refractivity contribution in [1.29, 1.82) is 0 Å². The summed E-state index contributed by atoms with van der Waals surface area (Å²) in [7, 11) is -6.91. The van der Waals surface area contributed by atoms with Crippen LogP contribution in [0.25, 0.3) is 0 Å². The average molecular weight is 348 g/mol. The topological polar surface area (TPSA) is 105 Å². The van der Waals surface area contributed by atoms with E-state index in [1.807, 2.05) is 0 Å². The third-order valence-electron chi connectivity index (χ3n) is 4.04. The van der Waals surface area contributed by atoms with E-state index in [2.05, 4.69) is 0 Å². The van der Waals surface area contributed by atoms with Gasteiger partial charge in [0.25, 0.3) is 5.91 Å². The molecule has 0 saturated carbocycles. The Hall–Kier alpha value is -1.39. The van der Waals surface area contributed by atoms with E-state index in [0.29, 0.717) is 0 Å². The molecule has 0 aromatic carbocycles. The third-order valence-corrected chi connectivity index (χ3v) is 7.05. The molecule has 0 bridgehead atoms. The molecular formula is C12H16N2O6S2. The minimum absolute atomic E-state index is 0.0853. The molecule has 2 fully saturated rings. The molecule has 1 amide bonds. The van der Waals surface area contributed by atoms with Crippen LogP contribution in [0.4, 0.5) is 0 Å². The number of rotatable bonds is 2. The molecule has 0 aliphatic carbocycles. The van der Waals surface area contributed by atoms with Crippen molar-refractivity contribution in [1.82, 2.24) is 9.21 Å². The highest BCUT2D eigenvalue weighted by Crippen LogP contribution is 2.29. The molecule has 2 aliphatic rings. The zero-order valence-electron chi connectivity index (χ0n) is 11.9. The molecule has 8 nitrogen and oxygen atoms in total. The number of furan rings is 1. The second-order valence-corrected chi connectivity index (χ2v) is 9.65. The minimum atomic E-state index is -3.53. The summed E-state index contributed by atoms with van der Waals surface area (Å²) in [6.45, 7) is 0.227. The Labute approximate surface area is 128 Å². The lowest BCUT2D eigenvalue weighted by Crippen LogP contribution is -2.61. The number of nitrogens with zero attached hydrogens (tertiary/aromatic N) is 2. The fourth-order valence-corrected chi connectivity index (χ4v) is 6.32. The van der Waals surface area contributed by atoms with Crippen LogP contribution >= 0.6 is 0 Å². The van der Waals surface area contributed by atoms with Crippen molar-refractivity contribution in [2.45, 2.75) is 12.1 Å². The molecule has 1 aromatic heterocycles. The normalized spacial score (nSPS) is 28.5. The van der Waals surface area contributed by atoms with Gasteiger partial charge in [-0.15, -0.1) is 0 Å². The van der Waals surface area contributed by atoms with Gasteiger partial charge in [-0.1, -0.05) is 0 Å². The first-order valence-corrected chi connectivity index (χ1v) is 10.4. The minimum Gasteiger partial charge on any atom is -0.459 e.